The number of hydrogen-bond acceptors (Lipinski definition) is 3. The van der Waals surface area contributed by atoms with Crippen molar-refractivity contribution in [1.29, 1.82) is 0 Å². The van der Waals surface area contributed by atoms with E-state index in [9.17, 15) is 18.0 Å². The molecule has 0 heterocycles. The summed E-state index contributed by atoms with van der Waals surface area (Å²) in [4.78, 5) is 11.1. The molecule has 0 aliphatic heterocycles. The van der Waals surface area contributed by atoms with Gasteiger partial charge in [-0.05, 0) is 41.5 Å². The van der Waals surface area contributed by atoms with Crippen LogP contribution >= 0.6 is 0 Å². The number of carboxylic acid groups (broad SMARTS) is 1. The monoisotopic (exact) mass is 326 g/mol. The number of ether oxygens (including phenoxy) is 2. The molecule has 0 atom stereocenters. The van der Waals surface area contributed by atoms with Crippen molar-refractivity contribution in [3.05, 3.63) is 47.5 Å². The molecular formula is C16H13F3O4. The van der Waals surface area contributed by atoms with Crippen molar-refractivity contribution < 1.29 is 32.5 Å². The first-order chi connectivity index (χ1) is 10.8. The number of aromatic carboxylic acids is 1. The van der Waals surface area contributed by atoms with Gasteiger partial charge in [-0.2, -0.15) is 13.2 Å². The van der Waals surface area contributed by atoms with Crippen LogP contribution in [-0.4, -0.2) is 25.3 Å². The summed E-state index contributed by atoms with van der Waals surface area (Å²) < 4.78 is 49.0. The number of carbonyl (C=O) groups is 1. The van der Waals surface area contributed by atoms with E-state index in [0.29, 0.717) is 23.1 Å². The molecule has 0 unspecified atom stereocenters. The van der Waals surface area contributed by atoms with Gasteiger partial charge in [-0.3, -0.25) is 0 Å². The molecule has 0 aliphatic carbocycles. The van der Waals surface area contributed by atoms with Gasteiger partial charge in [0.1, 0.15) is 0 Å². The van der Waals surface area contributed by atoms with Gasteiger partial charge in [0.15, 0.2) is 11.5 Å². The first kappa shape index (κ1) is 16.7. The van der Waals surface area contributed by atoms with Crippen molar-refractivity contribution >= 4 is 5.97 Å². The van der Waals surface area contributed by atoms with E-state index in [4.69, 9.17) is 14.6 Å². The van der Waals surface area contributed by atoms with Crippen LogP contribution in [0, 0.1) is 0 Å². The van der Waals surface area contributed by atoms with Gasteiger partial charge in [0.25, 0.3) is 0 Å². The van der Waals surface area contributed by atoms with E-state index in [-0.39, 0.29) is 5.56 Å². The van der Waals surface area contributed by atoms with Crippen LogP contribution in [0.2, 0.25) is 0 Å². The maximum atomic E-state index is 13.0. The quantitative estimate of drug-likeness (QED) is 0.919. The second-order valence-corrected chi connectivity index (χ2v) is 4.67. The van der Waals surface area contributed by atoms with Crippen molar-refractivity contribution in [2.24, 2.45) is 0 Å². The molecule has 0 fully saturated rings. The molecule has 0 saturated carbocycles. The fourth-order valence-electron chi connectivity index (χ4n) is 2.10. The number of benzene rings is 2. The third-order valence-corrected chi connectivity index (χ3v) is 3.22. The lowest BCUT2D eigenvalue weighted by molar-refractivity contribution is -0.137. The molecule has 4 nitrogen and oxygen atoms in total. The molecule has 0 bridgehead atoms. The zero-order valence-electron chi connectivity index (χ0n) is 12.3. The van der Waals surface area contributed by atoms with Crippen molar-refractivity contribution in [2.75, 3.05) is 14.2 Å². The molecule has 7 heteroatoms. The Morgan fingerprint density at radius 1 is 0.957 bits per heavy atom. The number of rotatable bonds is 4. The van der Waals surface area contributed by atoms with Gasteiger partial charge in [0, 0.05) is 0 Å². The molecule has 2 rings (SSSR count). The Bertz CT molecular complexity index is 739. The van der Waals surface area contributed by atoms with Crippen LogP contribution in [0.5, 0.6) is 11.5 Å². The van der Waals surface area contributed by atoms with Crippen LogP contribution in [0.4, 0.5) is 13.2 Å². The highest BCUT2D eigenvalue weighted by Gasteiger charge is 2.32. The third-order valence-electron chi connectivity index (χ3n) is 3.22. The van der Waals surface area contributed by atoms with E-state index in [1.807, 2.05) is 0 Å². The molecule has 1 N–H and O–H groups in total. The van der Waals surface area contributed by atoms with Crippen molar-refractivity contribution in [1.82, 2.24) is 0 Å². The fourth-order valence-corrected chi connectivity index (χ4v) is 2.10. The predicted octanol–water partition coefficient (Wildman–Crippen LogP) is 4.09. The van der Waals surface area contributed by atoms with E-state index in [2.05, 4.69) is 0 Å². The van der Waals surface area contributed by atoms with Crippen LogP contribution in [0.3, 0.4) is 0 Å². The summed E-state index contributed by atoms with van der Waals surface area (Å²) in [6, 6.07) is 7.23. The minimum atomic E-state index is -4.64. The van der Waals surface area contributed by atoms with Gasteiger partial charge >= 0.3 is 12.1 Å². The van der Waals surface area contributed by atoms with Gasteiger partial charge < -0.3 is 14.6 Å². The average Bonchev–Trinajstić information content (AvgIpc) is 2.52. The average molecular weight is 326 g/mol. The van der Waals surface area contributed by atoms with Crippen molar-refractivity contribution in [3.8, 4) is 22.6 Å². The number of carboxylic acids is 1. The summed E-state index contributed by atoms with van der Waals surface area (Å²) in [5, 5.41) is 9.02. The molecule has 0 amide bonds. The Kier molecular flexibility index (Phi) is 4.49. The van der Waals surface area contributed by atoms with E-state index in [1.165, 1.54) is 38.5 Å². The molecule has 0 radical (unpaired) electrons. The molecule has 122 valence electrons. The van der Waals surface area contributed by atoms with E-state index < -0.39 is 23.3 Å². The number of hydrogen-bond donors (Lipinski definition) is 1. The zero-order valence-corrected chi connectivity index (χ0v) is 12.3. The van der Waals surface area contributed by atoms with Gasteiger partial charge in [-0.25, -0.2) is 4.79 Å². The molecule has 2 aromatic rings. The summed E-state index contributed by atoms with van der Waals surface area (Å²) in [5.74, 6) is -0.682. The first-order valence-electron chi connectivity index (χ1n) is 6.44. The van der Waals surface area contributed by atoms with E-state index >= 15 is 0 Å². The van der Waals surface area contributed by atoms with Crippen molar-refractivity contribution in [2.45, 2.75) is 6.18 Å². The summed E-state index contributed by atoms with van der Waals surface area (Å²) in [5.41, 5.74) is -0.957. The minimum absolute atomic E-state index is 0.123. The summed E-state index contributed by atoms with van der Waals surface area (Å²) >= 11 is 0. The Labute approximate surface area is 130 Å². The second-order valence-electron chi connectivity index (χ2n) is 4.67. The van der Waals surface area contributed by atoms with E-state index in [0.717, 1.165) is 6.07 Å². The largest absolute Gasteiger partial charge is 0.493 e. The van der Waals surface area contributed by atoms with Gasteiger partial charge in [-0.1, -0.05) is 6.07 Å². The topological polar surface area (TPSA) is 55.8 Å². The number of methoxy groups -OCH3 is 2. The lowest BCUT2D eigenvalue weighted by Crippen LogP contribution is -2.08. The Morgan fingerprint density at radius 3 is 2.13 bits per heavy atom. The third kappa shape index (κ3) is 3.56. The lowest BCUT2D eigenvalue weighted by Gasteiger charge is -2.13. The van der Waals surface area contributed by atoms with Gasteiger partial charge in [0.2, 0.25) is 0 Å². The summed E-state index contributed by atoms with van der Waals surface area (Å²) in [6.07, 6.45) is -4.64. The van der Waals surface area contributed by atoms with Crippen LogP contribution in [-0.2, 0) is 6.18 Å². The predicted molar refractivity (Wildman–Crippen MR) is 76.9 cm³/mol. The standard InChI is InChI=1S/C16H13F3O4/c1-22-13-4-3-9(8-14(13)23-2)10-5-11(15(20)21)7-12(6-10)16(17,18)19/h3-8H,1-2H3,(H,20,21). The van der Waals surface area contributed by atoms with Crippen LogP contribution in [0.15, 0.2) is 36.4 Å². The molecule has 2 aromatic carbocycles. The normalized spacial score (nSPS) is 11.2. The first-order valence-corrected chi connectivity index (χ1v) is 6.44. The molecule has 23 heavy (non-hydrogen) atoms. The smallest absolute Gasteiger partial charge is 0.416 e. The molecular weight excluding hydrogens is 313 g/mol. The number of alkyl halides is 3. The number of halogens is 3. The maximum absolute atomic E-state index is 13.0. The second kappa shape index (κ2) is 6.20. The Balaban J connectivity index is 2.63. The highest BCUT2D eigenvalue weighted by atomic mass is 19.4. The molecule has 0 saturated heterocycles. The molecule has 0 aromatic heterocycles. The Morgan fingerprint density at radius 2 is 1.61 bits per heavy atom. The zero-order chi connectivity index (χ0) is 17.2. The Hall–Kier alpha value is -2.70. The molecule has 0 spiro atoms. The highest BCUT2D eigenvalue weighted by molar-refractivity contribution is 5.90. The highest BCUT2D eigenvalue weighted by Crippen LogP contribution is 2.36. The van der Waals surface area contributed by atoms with Gasteiger partial charge in [-0.15, -0.1) is 0 Å². The SMILES string of the molecule is COc1ccc(-c2cc(C(=O)O)cc(C(F)(F)F)c2)cc1OC. The maximum Gasteiger partial charge on any atom is 0.416 e. The van der Waals surface area contributed by atoms with Crippen LogP contribution in [0.1, 0.15) is 15.9 Å². The summed E-state index contributed by atoms with van der Waals surface area (Å²) in [7, 11) is 2.83. The van der Waals surface area contributed by atoms with E-state index in [1.54, 1.807) is 0 Å². The molecule has 0 aliphatic rings. The van der Waals surface area contributed by atoms with Gasteiger partial charge in [0.05, 0.1) is 25.3 Å². The summed E-state index contributed by atoms with van der Waals surface area (Å²) in [6.45, 7) is 0. The lowest BCUT2D eigenvalue weighted by atomic mass is 9.99. The fraction of sp³-hybridized carbons (Fsp3) is 0.188. The minimum Gasteiger partial charge on any atom is -0.493 e. The van der Waals surface area contributed by atoms with Crippen molar-refractivity contribution in [3.63, 3.8) is 0 Å². The van der Waals surface area contributed by atoms with Crippen LogP contribution < -0.4 is 9.47 Å². The van der Waals surface area contributed by atoms with Crippen LogP contribution in [0.25, 0.3) is 11.1 Å².